The van der Waals surface area contributed by atoms with Crippen molar-refractivity contribution in [2.45, 2.75) is 0 Å². The molecule has 0 bridgehead atoms. The number of amidine groups is 1. The van der Waals surface area contributed by atoms with Gasteiger partial charge in [-0.2, -0.15) is 10.1 Å². The lowest BCUT2D eigenvalue weighted by atomic mass is 10.2. The van der Waals surface area contributed by atoms with Crippen LogP contribution < -0.4 is 0 Å². The van der Waals surface area contributed by atoms with Crippen LogP contribution in [0.25, 0.3) is 6.08 Å². The number of aliphatic imine (C=N–C) groups is 1. The van der Waals surface area contributed by atoms with Crippen molar-refractivity contribution >= 4 is 40.0 Å². The van der Waals surface area contributed by atoms with Crippen molar-refractivity contribution in [1.29, 1.82) is 0 Å². The van der Waals surface area contributed by atoms with Crippen LogP contribution in [0.3, 0.4) is 0 Å². The van der Waals surface area contributed by atoms with Crippen LogP contribution in [0.2, 0.25) is 0 Å². The highest BCUT2D eigenvalue weighted by molar-refractivity contribution is 9.10. The Morgan fingerprint density at radius 2 is 1.50 bits per heavy atom. The van der Waals surface area contributed by atoms with Gasteiger partial charge in [0.15, 0.2) is 5.84 Å². The van der Waals surface area contributed by atoms with Crippen molar-refractivity contribution < 1.29 is 4.79 Å². The molecule has 4 rings (SSSR count). The van der Waals surface area contributed by atoms with Gasteiger partial charge in [-0.05, 0) is 17.7 Å². The number of hydrogen-bond donors (Lipinski definition) is 0. The van der Waals surface area contributed by atoms with Crippen LogP contribution in [-0.4, -0.2) is 23.0 Å². The molecule has 1 aliphatic rings. The molecular weight excluding hydrogens is 414 g/mol. The van der Waals surface area contributed by atoms with E-state index in [0.29, 0.717) is 11.5 Å². The number of carbonyl (C=O) groups is 1. The molecule has 0 aliphatic carbocycles. The normalized spacial score (nSPS) is 15.5. The molecule has 3 aromatic carbocycles. The average molecular weight is 430 g/mol. The zero-order valence-electron chi connectivity index (χ0n) is 14.9. The van der Waals surface area contributed by atoms with Gasteiger partial charge in [0.25, 0.3) is 5.91 Å². The first-order valence-electron chi connectivity index (χ1n) is 8.76. The summed E-state index contributed by atoms with van der Waals surface area (Å²) in [4.78, 5) is 17.6. The van der Waals surface area contributed by atoms with E-state index < -0.39 is 0 Å². The molecule has 0 spiro atoms. The Morgan fingerprint density at radius 1 is 0.857 bits per heavy atom. The summed E-state index contributed by atoms with van der Waals surface area (Å²) < 4.78 is 0.906. The molecular formula is C23H16BrN3O. The summed E-state index contributed by atoms with van der Waals surface area (Å²) in [5.74, 6) is 0.252. The summed E-state index contributed by atoms with van der Waals surface area (Å²) in [7, 11) is 0. The van der Waals surface area contributed by atoms with Gasteiger partial charge in [-0.1, -0.05) is 94.8 Å². The minimum absolute atomic E-state index is 0.258. The number of carbonyl (C=O) groups excluding carboxylic acids is 1. The predicted octanol–water partition coefficient (Wildman–Crippen LogP) is 5.11. The number of halogens is 1. The fourth-order valence-electron chi connectivity index (χ4n) is 2.80. The molecule has 4 nitrogen and oxygen atoms in total. The molecule has 0 fully saturated rings. The Kier molecular flexibility index (Phi) is 5.26. The van der Waals surface area contributed by atoms with E-state index in [1.54, 1.807) is 12.3 Å². The zero-order chi connectivity index (χ0) is 19.3. The van der Waals surface area contributed by atoms with Crippen LogP contribution >= 0.6 is 15.9 Å². The first-order valence-corrected chi connectivity index (χ1v) is 9.55. The van der Waals surface area contributed by atoms with Gasteiger partial charge in [0.2, 0.25) is 0 Å². The molecule has 136 valence electrons. The SMILES string of the molecule is O=C1/C(=C\c2ccccc2)N=C(c2ccccc2)N1/N=C/c1ccccc1Br. The van der Waals surface area contributed by atoms with Gasteiger partial charge >= 0.3 is 0 Å². The molecule has 0 N–H and O–H groups in total. The van der Waals surface area contributed by atoms with Crippen molar-refractivity contribution in [1.82, 2.24) is 5.01 Å². The van der Waals surface area contributed by atoms with Crippen LogP contribution in [0.5, 0.6) is 0 Å². The first-order chi connectivity index (χ1) is 13.7. The third kappa shape index (κ3) is 3.85. The van der Waals surface area contributed by atoms with E-state index >= 15 is 0 Å². The van der Waals surface area contributed by atoms with Crippen LogP contribution in [0.4, 0.5) is 0 Å². The summed E-state index contributed by atoms with van der Waals surface area (Å²) in [6.45, 7) is 0. The second kappa shape index (κ2) is 8.15. The third-order valence-corrected chi connectivity index (χ3v) is 4.91. The monoisotopic (exact) mass is 429 g/mol. The second-order valence-corrected chi connectivity index (χ2v) is 6.98. The lowest BCUT2D eigenvalue weighted by molar-refractivity contribution is -0.122. The Labute approximate surface area is 171 Å². The van der Waals surface area contributed by atoms with Gasteiger partial charge in [-0.3, -0.25) is 4.79 Å². The third-order valence-electron chi connectivity index (χ3n) is 4.19. The molecule has 0 unspecified atom stereocenters. The lowest BCUT2D eigenvalue weighted by Crippen LogP contribution is -2.27. The quantitative estimate of drug-likeness (QED) is 0.419. The van der Waals surface area contributed by atoms with Crippen LogP contribution in [-0.2, 0) is 4.79 Å². The smallest absolute Gasteiger partial charge is 0.265 e. The highest BCUT2D eigenvalue weighted by Crippen LogP contribution is 2.23. The largest absolute Gasteiger partial charge is 0.298 e. The second-order valence-electron chi connectivity index (χ2n) is 6.12. The van der Waals surface area contributed by atoms with Crippen molar-refractivity contribution in [3.8, 4) is 0 Å². The molecule has 0 aromatic heterocycles. The van der Waals surface area contributed by atoms with Gasteiger partial charge in [0, 0.05) is 15.6 Å². The molecule has 0 saturated heterocycles. The van der Waals surface area contributed by atoms with Crippen molar-refractivity contribution in [3.05, 3.63) is 112 Å². The Hall–Kier alpha value is -3.31. The summed E-state index contributed by atoms with van der Waals surface area (Å²) in [6, 6.07) is 27.0. The average Bonchev–Trinajstić information content (AvgIpc) is 3.04. The van der Waals surface area contributed by atoms with Crippen LogP contribution in [0.1, 0.15) is 16.7 Å². The number of rotatable bonds is 4. The standard InChI is InChI=1S/C23H16BrN3O/c24-20-14-8-7-13-19(20)16-25-27-22(18-11-5-2-6-12-18)26-21(23(27)28)15-17-9-3-1-4-10-17/h1-16H/b21-15+,25-16+. The van der Waals surface area contributed by atoms with E-state index in [0.717, 1.165) is 21.2 Å². The van der Waals surface area contributed by atoms with E-state index in [4.69, 9.17) is 0 Å². The maximum Gasteiger partial charge on any atom is 0.298 e. The molecule has 1 heterocycles. The molecule has 0 radical (unpaired) electrons. The topological polar surface area (TPSA) is 45.0 Å². The minimum Gasteiger partial charge on any atom is -0.265 e. The Balaban J connectivity index is 1.74. The van der Waals surface area contributed by atoms with Crippen LogP contribution in [0, 0.1) is 0 Å². The lowest BCUT2D eigenvalue weighted by Gasteiger charge is -2.12. The van der Waals surface area contributed by atoms with Crippen molar-refractivity contribution in [2.75, 3.05) is 0 Å². The molecule has 1 aliphatic heterocycles. The maximum atomic E-state index is 13.0. The van der Waals surface area contributed by atoms with Crippen molar-refractivity contribution in [3.63, 3.8) is 0 Å². The Bertz CT molecular complexity index is 1090. The van der Waals surface area contributed by atoms with E-state index in [2.05, 4.69) is 26.0 Å². The fourth-order valence-corrected chi connectivity index (χ4v) is 3.18. The van der Waals surface area contributed by atoms with E-state index in [1.165, 1.54) is 5.01 Å². The van der Waals surface area contributed by atoms with Crippen LogP contribution in [0.15, 0.2) is 105 Å². The maximum absolute atomic E-state index is 13.0. The number of hydrazone groups is 1. The molecule has 0 saturated carbocycles. The number of nitrogens with zero attached hydrogens (tertiary/aromatic N) is 3. The van der Waals surface area contributed by atoms with Gasteiger partial charge in [-0.15, -0.1) is 0 Å². The van der Waals surface area contributed by atoms with Crippen molar-refractivity contribution in [2.24, 2.45) is 10.1 Å². The Morgan fingerprint density at radius 3 is 2.21 bits per heavy atom. The van der Waals surface area contributed by atoms with E-state index in [1.807, 2.05) is 84.9 Å². The number of hydrogen-bond acceptors (Lipinski definition) is 3. The molecule has 5 heteroatoms. The summed E-state index contributed by atoms with van der Waals surface area (Å²) >= 11 is 3.50. The van der Waals surface area contributed by atoms with E-state index in [-0.39, 0.29) is 5.91 Å². The van der Waals surface area contributed by atoms with Gasteiger partial charge in [0.05, 0.1) is 6.21 Å². The van der Waals surface area contributed by atoms with Gasteiger partial charge in [-0.25, -0.2) is 4.99 Å². The minimum atomic E-state index is -0.258. The predicted molar refractivity (Wildman–Crippen MR) is 116 cm³/mol. The fraction of sp³-hybridized carbons (Fsp3) is 0. The number of benzene rings is 3. The summed E-state index contributed by atoms with van der Waals surface area (Å²) in [5, 5.41) is 5.79. The molecule has 3 aromatic rings. The van der Waals surface area contributed by atoms with Gasteiger partial charge < -0.3 is 0 Å². The zero-order valence-corrected chi connectivity index (χ0v) is 16.5. The molecule has 28 heavy (non-hydrogen) atoms. The highest BCUT2D eigenvalue weighted by Gasteiger charge is 2.31. The molecule has 0 atom stereocenters. The number of amides is 1. The van der Waals surface area contributed by atoms with E-state index in [9.17, 15) is 4.79 Å². The summed E-state index contributed by atoms with van der Waals surface area (Å²) in [5.41, 5.74) is 2.98. The summed E-state index contributed by atoms with van der Waals surface area (Å²) in [6.07, 6.45) is 3.44. The highest BCUT2D eigenvalue weighted by atomic mass is 79.9. The van der Waals surface area contributed by atoms with Gasteiger partial charge in [0.1, 0.15) is 5.70 Å². The first kappa shape index (κ1) is 18.1. The molecule has 1 amide bonds.